The third kappa shape index (κ3) is 3.66. The van der Waals surface area contributed by atoms with Gasteiger partial charge in [0.25, 0.3) is 0 Å². The molecular weight excluding hydrogens is 256 g/mol. The lowest BCUT2D eigenvalue weighted by atomic mass is 9.54. The molecule has 2 rings (SSSR count). The molecule has 2 fully saturated rings. The van der Waals surface area contributed by atoms with Crippen LogP contribution < -0.4 is 0 Å². The summed E-state index contributed by atoms with van der Waals surface area (Å²) in [6.45, 7) is 14.2. The quantitative estimate of drug-likeness (QED) is 0.731. The average Bonchev–Trinajstić information content (AvgIpc) is 2.37. The summed E-state index contributed by atoms with van der Waals surface area (Å²) in [6, 6.07) is 0. The maximum atomic E-state index is 10.7. The van der Waals surface area contributed by atoms with Gasteiger partial charge in [-0.05, 0) is 73.0 Å². The van der Waals surface area contributed by atoms with Crippen molar-refractivity contribution in [2.75, 3.05) is 0 Å². The summed E-state index contributed by atoms with van der Waals surface area (Å²) in [6.07, 6.45) is 7.46. The molecule has 1 nitrogen and oxygen atoms in total. The fraction of sp³-hybridized carbons (Fsp3) is 0.950. The smallest absolute Gasteiger partial charge is 0.0576 e. The molecule has 0 heterocycles. The minimum atomic E-state index is -0.0960. The van der Waals surface area contributed by atoms with Crippen LogP contribution in [0.2, 0.25) is 0 Å². The maximum Gasteiger partial charge on any atom is 0.0576 e. The lowest BCUT2D eigenvalue weighted by Crippen LogP contribution is -2.45. The van der Waals surface area contributed by atoms with Crippen molar-refractivity contribution >= 4 is 0 Å². The van der Waals surface area contributed by atoms with Crippen LogP contribution in [0.1, 0.15) is 80.1 Å². The molecule has 0 aromatic carbocycles. The largest absolute Gasteiger partial charge is 0.393 e. The monoisotopic (exact) mass is 293 g/mol. The minimum absolute atomic E-state index is 0.0960. The Morgan fingerprint density at radius 1 is 1.05 bits per heavy atom. The predicted molar refractivity (Wildman–Crippen MR) is 90.9 cm³/mol. The number of hydrogen-bond acceptors (Lipinski definition) is 1. The zero-order chi connectivity index (χ0) is 15.8. The molecule has 1 heteroatoms. The van der Waals surface area contributed by atoms with Crippen LogP contribution in [0, 0.1) is 40.9 Å². The van der Waals surface area contributed by atoms with Crippen molar-refractivity contribution in [3.8, 4) is 0 Å². The van der Waals surface area contributed by atoms with Gasteiger partial charge in [-0.25, -0.2) is 0 Å². The van der Waals surface area contributed by atoms with Crippen molar-refractivity contribution in [3.05, 3.63) is 5.92 Å². The second-order valence-electron chi connectivity index (χ2n) is 9.04. The van der Waals surface area contributed by atoms with Crippen molar-refractivity contribution in [3.63, 3.8) is 0 Å². The maximum absolute atomic E-state index is 10.7. The van der Waals surface area contributed by atoms with E-state index < -0.39 is 0 Å². The topological polar surface area (TPSA) is 20.2 Å². The summed E-state index contributed by atoms with van der Waals surface area (Å²) in [7, 11) is 0. The Bertz CT molecular complexity index is 335. The summed E-state index contributed by atoms with van der Waals surface area (Å²) in [5, 5.41) is 10.7. The molecule has 2 aliphatic carbocycles. The van der Waals surface area contributed by atoms with Gasteiger partial charge in [0, 0.05) is 0 Å². The van der Waals surface area contributed by atoms with Crippen LogP contribution in [0.5, 0.6) is 0 Å². The van der Waals surface area contributed by atoms with E-state index in [-0.39, 0.29) is 11.5 Å². The van der Waals surface area contributed by atoms with Gasteiger partial charge in [-0.15, -0.1) is 0 Å². The Kier molecular flexibility index (Phi) is 5.45. The summed E-state index contributed by atoms with van der Waals surface area (Å²) in [5.74, 6) is 5.31. The number of aliphatic hydroxyl groups is 1. The molecule has 1 radical (unpaired) electrons. The van der Waals surface area contributed by atoms with Gasteiger partial charge < -0.3 is 5.11 Å². The van der Waals surface area contributed by atoms with E-state index in [1.54, 1.807) is 5.92 Å². The Morgan fingerprint density at radius 2 is 1.71 bits per heavy atom. The minimum Gasteiger partial charge on any atom is -0.393 e. The van der Waals surface area contributed by atoms with Gasteiger partial charge in [0.1, 0.15) is 0 Å². The molecule has 0 aromatic heterocycles. The van der Waals surface area contributed by atoms with Crippen molar-refractivity contribution < 1.29 is 5.11 Å². The number of aliphatic hydroxyl groups excluding tert-OH is 1. The Morgan fingerprint density at radius 3 is 2.24 bits per heavy atom. The second kappa shape index (κ2) is 6.60. The molecule has 2 unspecified atom stereocenters. The van der Waals surface area contributed by atoms with Crippen molar-refractivity contribution in [1.82, 2.24) is 0 Å². The molecule has 0 aliphatic heterocycles. The van der Waals surface area contributed by atoms with Crippen LogP contribution in [-0.2, 0) is 0 Å². The Hall–Kier alpha value is -0.0400. The van der Waals surface area contributed by atoms with Gasteiger partial charge in [-0.2, -0.15) is 0 Å². The normalized spacial score (nSPS) is 42.7. The van der Waals surface area contributed by atoms with Crippen molar-refractivity contribution in [2.45, 2.75) is 86.2 Å². The molecule has 0 bridgehead atoms. The molecule has 0 spiro atoms. The van der Waals surface area contributed by atoms with E-state index in [0.29, 0.717) is 11.8 Å². The van der Waals surface area contributed by atoms with E-state index in [9.17, 15) is 5.11 Å². The van der Waals surface area contributed by atoms with Crippen LogP contribution in [0.3, 0.4) is 0 Å². The van der Waals surface area contributed by atoms with Crippen molar-refractivity contribution in [2.24, 2.45) is 35.0 Å². The summed E-state index contributed by atoms with van der Waals surface area (Å²) in [4.78, 5) is 0. The van der Waals surface area contributed by atoms with E-state index >= 15 is 0 Å². The molecule has 0 amide bonds. The van der Waals surface area contributed by atoms with Crippen LogP contribution in [0.4, 0.5) is 0 Å². The predicted octanol–water partition coefficient (Wildman–Crippen LogP) is 5.48. The molecule has 2 saturated carbocycles. The standard InChI is InChI=1S/C20H37O/c1-13(2)16-8-7-15(5)11-18(16)20(6)10-9-17(14(3)4)19(21)12-20/h13-17,19,21H,7-12H2,1-6H3/t15?,16?,17-,19+,20+/m0/s1. The highest BCUT2D eigenvalue weighted by Gasteiger charge is 2.47. The van der Waals surface area contributed by atoms with E-state index in [0.717, 1.165) is 24.2 Å². The molecular formula is C20H37O. The summed E-state index contributed by atoms with van der Waals surface area (Å²) >= 11 is 0. The number of hydrogen-bond donors (Lipinski definition) is 1. The first-order chi connectivity index (χ1) is 9.74. The third-order valence-electron chi connectivity index (χ3n) is 6.61. The third-order valence-corrected chi connectivity index (χ3v) is 6.61. The van der Waals surface area contributed by atoms with Gasteiger partial charge in [0.2, 0.25) is 0 Å². The molecule has 21 heavy (non-hydrogen) atoms. The lowest BCUT2D eigenvalue weighted by molar-refractivity contribution is -0.0181. The van der Waals surface area contributed by atoms with Gasteiger partial charge >= 0.3 is 0 Å². The van der Waals surface area contributed by atoms with E-state index in [2.05, 4.69) is 41.5 Å². The van der Waals surface area contributed by atoms with E-state index in [4.69, 9.17) is 0 Å². The van der Waals surface area contributed by atoms with Gasteiger partial charge in [0.05, 0.1) is 6.10 Å². The van der Waals surface area contributed by atoms with Crippen LogP contribution in [0.25, 0.3) is 0 Å². The Labute approximate surface area is 132 Å². The highest BCUT2D eigenvalue weighted by atomic mass is 16.3. The molecule has 0 aromatic rings. The highest BCUT2D eigenvalue weighted by Crippen LogP contribution is 2.55. The van der Waals surface area contributed by atoms with Gasteiger partial charge in [0.15, 0.2) is 0 Å². The fourth-order valence-electron chi connectivity index (χ4n) is 5.16. The van der Waals surface area contributed by atoms with Crippen LogP contribution in [0.15, 0.2) is 0 Å². The van der Waals surface area contributed by atoms with Crippen LogP contribution in [-0.4, -0.2) is 11.2 Å². The highest BCUT2D eigenvalue weighted by molar-refractivity contribution is 5.14. The van der Waals surface area contributed by atoms with Gasteiger partial charge in [-0.1, -0.05) is 48.0 Å². The Balaban J connectivity index is 2.14. The number of rotatable bonds is 3. The van der Waals surface area contributed by atoms with E-state index in [1.165, 1.54) is 32.1 Å². The zero-order valence-corrected chi connectivity index (χ0v) is 15.2. The SMILES string of the molecule is CC1CCC(C(C)C)[C]([C@]2(C)CC[C@@H](C(C)C)[C@H](O)C2)C1. The fourth-order valence-corrected chi connectivity index (χ4v) is 5.16. The van der Waals surface area contributed by atoms with Crippen LogP contribution >= 0.6 is 0 Å². The zero-order valence-electron chi connectivity index (χ0n) is 15.2. The molecule has 1 N–H and O–H groups in total. The van der Waals surface area contributed by atoms with Gasteiger partial charge in [-0.3, -0.25) is 0 Å². The van der Waals surface area contributed by atoms with Crippen molar-refractivity contribution in [1.29, 1.82) is 0 Å². The molecule has 2 aliphatic rings. The average molecular weight is 294 g/mol. The first kappa shape index (κ1) is 17.3. The molecule has 123 valence electrons. The second-order valence-corrected chi connectivity index (χ2v) is 9.04. The molecule has 5 atom stereocenters. The lowest BCUT2D eigenvalue weighted by Gasteiger charge is -2.52. The summed E-state index contributed by atoms with van der Waals surface area (Å²) < 4.78 is 0. The summed E-state index contributed by atoms with van der Waals surface area (Å²) in [5.41, 5.74) is 0.286. The first-order valence-corrected chi connectivity index (χ1v) is 9.29. The van der Waals surface area contributed by atoms with E-state index in [1.807, 2.05) is 0 Å². The molecule has 0 saturated heterocycles. The first-order valence-electron chi connectivity index (χ1n) is 9.29.